The lowest BCUT2D eigenvalue weighted by Gasteiger charge is -2.30. The molecule has 0 atom stereocenters. The highest BCUT2D eigenvalue weighted by molar-refractivity contribution is 9.10. The van der Waals surface area contributed by atoms with Gasteiger partial charge in [-0.2, -0.15) is 0 Å². The Morgan fingerprint density at radius 1 is 1.13 bits per heavy atom. The van der Waals surface area contributed by atoms with Crippen molar-refractivity contribution in [2.24, 2.45) is 0 Å². The third-order valence-electron chi connectivity index (χ3n) is 4.48. The summed E-state index contributed by atoms with van der Waals surface area (Å²) in [6.45, 7) is 9.68. The molecule has 0 saturated heterocycles. The monoisotopic (exact) mass is 534 g/mol. The fourth-order valence-corrected chi connectivity index (χ4v) is 6.16. The van der Waals surface area contributed by atoms with Crippen molar-refractivity contribution in [3.8, 4) is 5.75 Å². The van der Waals surface area contributed by atoms with Gasteiger partial charge in [-0.05, 0) is 64.1 Å². The Balaban J connectivity index is 2.18. The minimum atomic E-state index is -3.85. The van der Waals surface area contributed by atoms with Gasteiger partial charge in [0.1, 0.15) is 10.6 Å². The van der Waals surface area contributed by atoms with Gasteiger partial charge in [-0.25, -0.2) is 8.42 Å². The maximum Gasteiger partial charge on any atom is 0.265 e. The van der Waals surface area contributed by atoms with Crippen LogP contribution in [0.5, 0.6) is 5.75 Å². The Kier molecular flexibility index (Phi) is 9.36. The van der Waals surface area contributed by atoms with Crippen LogP contribution in [-0.4, -0.2) is 44.8 Å². The van der Waals surface area contributed by atoms with Crippen LogP contribution < -0.4 is 9.46 Å². The fourth-order valence-electron chi connectivity index (χ4n) is 3.16. The number of nitrogens with zero attached hydrogens (tertiary/aromatic N) is 1. The standard InChI is InChI=1S/C21H28BrClN2O3S2/c1-14(2)25(15(3)4)8-9-29-19-12-17(23)11-18(13-19)24-30(26,27)21-10-16(22)6-7-20(21)28-5/h6-7,10-15,24H,8-9H2,1-5H3. The van der Waals surface area contributed by atoms with Crippen molar-refractivity contribution in [1.82, 2.24) is 4.90 Å². The van der Waals surface area contributed by atoms with Crippen molar-refractivity contribution in [3.63, 3.8) is 0 Å². The first-order valence-electron chi connectivity index (χ1n) is 9.59. The van der Waals surface area contributed by atoms with Gasteiger partial charge in [-0.15, -0.1) is 11.8 Å². The van der Waals surface area contributed by atoms with Crippen LogP contribution in [0.25, 0.3) is 0 Å². The summed E-state index contributed by atoms with van der Waals surface area (Å²) >= 11 is 11.2. The molecule has 2 aromatic rings. The van der Waals surface area contributed by atoms with Crippen LogP contribution in [0, 0.1) is 0 Å². The zero-order valence-corrected chi connectivity index (χ0v) is 21.8. The summed E-state index contributed by atoms with van der Waals surface area (Å²) in [5.41, 5.74) is 0.414. The van der Waals surface area contributed by atoms with Crippen LogP contribution in [0.15, 0.2) is 50.7 Å². The zero-order chi connectivity index (χ0) is 22.5. The molecular formula is C21H28BrClN2O3S2. The van der Waals surface area contributed by atoms with E-state index in [1.165, 1.54) is 13.2 Å². The van der Waals surface area contributed by atoms with Gasteiger partial charge in [0.2, 0.25) is 0 Å². The van der Waals surface area contributed by atoms with Crippen LogP contribution in [0.4, 0.5) is 5.69 Å². The van der Waals surface area contributed by atoms with Crippen molar-refractivity contribution < 1.29 is 13.2 Å². The van der Waals surface area contributed by atoms with Gasteiger partial charge in [0.15, 0.2) is 0 Å². The molecule has 0 fully saturated rings. The highest BCUT2D eigenvalue weighted by Crippen LogP contribution is 2.31. The number of hydrogen-bond acceptors (Lipinski definition) is 5. The highest BCUT2D eigenvalue weighted by Gasteiger charge is 2.21. The topological polar surface area (TPSA) is 58.6 Å². The van der Waals surface area contributed by atoms with Crippen LogP contribution in [0.1, 0.15) is 27.7 Å². The Morgan fingerprint density at radius 2 is 1.80 bits per heavy atom. The molecule has 2 aromatic carbocycles. The van der Waals surface area contributed by atoms with E-state index in [0.717, 1.165) is 17.2 Å². The van der Waals surface area contributed by atoms with Crippen LogP contribution in [-0.2, 0) is 10.0 Å². The van der Waals surface area contributed by atoms with E-state index in [2.05, 4.69) is 53.2 Å². The Morgan fingerprint density at radius 3 is 2.40 bits per heavy atom. The quantitative estimate of drug-likeness (QED) is 0.371. The Bertz CT molecular complexity index is 961. The van der Waals surface area contributed by atoms with E-state index in [1.807, 2.05) is 6.07 Å². The minimum Gasteiger partial charge on any atom is -0.495 e. The number of hydrogen-bond donors (Lipinski definition) is 1. The third kappa shape index (κ3) is 7.05. The molecule has 0 amide bonds. The summed E-state index contributed by atoms with van der Waals surface area (Å²) in [6.07, 6.45) is 0. The van der Waals surface area contributed by atoms with Gasteiger partial charge in [-0.1, -0.05) is 27.5 Å². The smallest absolute Gasteiger partial charge is 0.265 e. The number of methoxy groups -OCH3 is 1. The molecule has 0 heterocycles. The molecule has 0 aliphatic rings. The maximum atomic E-state index is 12.9. The summed E-state index contributed by atoms with van der Waals surface area (Å²) in [5, 5.41) is 0.475. The average Bonchev–Trinajstić information content (AvgIpc) is 2.63. The SMILES string of the molecule is COc1ccc(Br)cc1S(=O)(=O)Nc1cc(Cl)cc(SCCN(C(C)C)C(C)C)c1. The van der Waals surface area contributed by atoms with Gasteiger partial charge in [0.25, 0.3) is 10.0 Å². The zero-order valence-electron chi connectivity index (χ0n) is 17.8. The van der Waals surface area contributed by atoms with E-state index in [9.17, 15) is 8.42 Å². The van der Waals surface area contributed by atoms with Gasteiger partial charge < -0.3 is 4.74 Å². The molecule has 1 N–H and O–H groups in total. The first-order chi connectivity index (χ1) is 14.0. The predicted octanol–water partition coefficient (Wildman–Crippen LogP) is 6.12. The number of rotatable bonds is 10. The van der Waals surface area contributed by atoms with Crippen molar-refractivity contribution in [3.05, 3.63) is 45.9 Å². The van der Waals surface area contributed by atoms with Crippen molar-refractivity contribution in [1.29, 1.82) is 0 Å². The van der Waals surface area contributed by atoms with Crippen LogP contribution in [0.3, 0.4) is 0 Å². The van der Waals surface area contributed by atoms with E-state index >= 15 is 0 Å². The molecular weight excluding hydrogens is 508 g/mol. The molecule has 0 unspecified atom stereocenters. The maximum absolute atomic E-state index is 12.9. The predicted molar refractivity (Wildman–Crippen MR) is 131 cm³/mol. The summed E-state index contributed by atoms with van der Waals surface area (Å²) in [6, 6.07) is 11.0. The van der Waals surface area contributed by atoms with Crippen molar-refractivity contribution >= 4 is 55.0 Å². The van der Waals surface area contributed by atoms with Crippen LogP contribution >= 0.6 is 39.3 Å². The Labute approximate surface area is 197 Å². The molecule has 30 heavy (non-hydrogen) atoms. The number of benzene rings is 2. The number of halogens is 2. The minimum absolute atomic E-state index is 0.0538. The second kappa shape index (κ2) is 11.1. The second-order valence-corrected chi connectivity index (χ2v) is 11.5. The molecule has 0 spiro atoms. The van der Waals surface area contributed by atoms with Gasteiger partial charge >= 0.3 is 0 Å². The van der Waals surface area contributed by atoms with Crippen LogP contribution in [0.2, 0.25) is 5.02 Å². The van der Waals surface area contributed by atoms with E-state index in [0.29, 0.717) is 27.3 Å². The van der Waals surface area contributed by atoms with Gasteiger partial charge in [0, 0.05) is 38.8 Å². The molecule has 166 valence electrons. The second-order valence-electron chi connectivity index (χ2n) is 7.35. The number of ether oxygens (including phenoxy) is 1. The fraction of sp³-hybridized carbons (Fsp3) is 0.429. The summed E-state index contributed by atoms with van der Waals surface area (Å²) in [7, 11) is -2.41. The lowest BCUT2D eigenvalue weighted by atomic mass is 10.2. The number of sulfonamides is 1. The number of anilines is 1. The third-order valence-corrected chi connectivity index (χ3v) is 7.55. The van der Waals surface area contributed by atoms with Gasteiger partial charge in [0.05, 0.1) is 12.8 Å². The lowest BCUT2D eigenvalue weighted by molar-refractivity contribution is 0.187. The molecule has 5 nitrogen and oxygen atoms in total. The average molecular weight is 536 g/mol. The first-order valence-corrected chi connectivity index (χ1v) is 13.2. The number of nitrogens with one attached hydrogen (secondary N) is 1. The van der Waals surface area contributed by atoms with Gasteiger partial charge in [-0.3, -0.25) is 9.62 Å². The summed E-state index contributed by atoms with van der Waals surface area (Å²) in [5.74, 6) is 1.15. The van der Waals surface area contributed by atoms with Crippen molar-refractivity contribution in [2.45, 2.75) is 49.6 Å². The molecule has 0 aliphatic carbocycles. The number of thioether (sulfide) groups is 1. The van der Waals surface area contributed by atoms with E-state index in [-0.39, 0.29) is 10.6 Å². The first kappa shape index (κ1) is 25.3. The van der Waals surface area contributed by atoms with E-state index in [4.69, 9.17) is 16.3 Å². The molecule has 0 aromatic heterocycles. The summed E-state index contributed by atoms with van der Waals surface area (Å²) < 4.78 is 34.4. The molecule has 0 saturated carbocycles. The summed E-state index contributed by atoms with van der Waals surface area (Å²) in [4.78, 5) is 3.38. The largest absolute Gasteiger partial charge is 0.495 e. The molecule has 0 aliphatic heterocycles. The lowest BCUT2D eigenvalue weighted by Crippen LogP contribution is -2.38. The van der Waals surface area contributed by atoms with E-state index in [1.54, 1.807) is 36.0 Å². The molecule has 9 heteroatoms. The van der Waals surface area contributed by atoms with E-state index < -0.39 is 10.0 Å². The normalized spacial score (nSPS) is 12.1. The van der Waals surface area contributed by atoms with Crippen molar-refractivity contribution in [2.75, 3.05) is 24.1 Å². The molecule has 2 rings (SSSR count). The highest BCUT2D eigenvalue weighted by atomic mass is 79.9. The Hall–Kier alpha value is -0.930. The molecule has 0 radical (unpaired) electrons. The molecule has 0 bridgehead atoms.